The Kier molecular flexibility index (Phi) is 5.37. The molecule has 1 heterocycles. The summed E-state index contributed by atoms with van der Waals surface area (Å²) in [5.41, 5.74) is 1.07. The molecular formula is C15H24N2O3S. The number of nitrogens with zero attached hydrogens (tertiary/aromatic N) is 1. The van der Waals surface area contributed by atoms with E-state index in [1.165, 1.54) is 4.31 Å². The van der Waals surface area contributed by atoms with Gasteiger partial charge in [0, 0.05) is 19.1 Å². The van der Waals surface area contributed by atoms with E-state index in [9.17, 15) is 8.42 Å². The first kappa shape index (κ1) is 16.4. The van der Waals surface area contributed by atoms with Gasteiger partial charge in [-0.05, 0) is 38.1 Å². The van der Waals surface area contributed by atoms with E-state index in [1.807, 2.05) is 33.0 Å². The largest absolute Gasteiger partial charge is 0.375 e. The molecule has 5 nitrogen and oxygen atoms in total. The molecule has 1 aliphatic heterocycles. The van der Waals surface area contributed by atoms with Crippen molar-refractivity contribution in [2.45, 2.75) is 37.3 Å². The van der Waals surface area contributed by atoms with Crippen LogP contribution in [0.3, 0.4) is 0 Å². The molecule has 1 N–H and O–H groups in total. The van der Waals surface area contributed by atoms with Crippen molar-refractivity contribution in [1.82, 2.24) is 9.62 Å². The summed E-state index contributed by atoms with van der Waals surface area (Å²) in [6, 6.07) is 7.32. The number of hydrogen-bond donors (Lipinski definition) is 1. The summed E-state index contributed by atoms with van der Waals surface area (Å²) in [5.74, 6) is 0. The van der Waals surface area contributed by atoms with Crippen molar-refractivity contribution in [3.05, 3.63) is 29.8 Å². The second-order valence-corrected chi connectivity index (χ2v) is 7.28. The lowest BCUT2D eigenvalue weighted by Crippen LogP contribution is -2.45. The minimum Gasteiger partial charge on any atom is -0.375 e. The molecule has 2 atom stereocenters. The minimum atomic E-state index is -3.42. The average Bonchev–Trinajstić information content (AvgIpc) is 2.54. The molecule has 0 aromatic heterocycles. The van der Waals surface area contributed by atoms with E-state index in [4.69, 9.17) is 4.74 Å². The number of sulfonamides is 1. The van der Waals surface area contributed by atoms with E-state index < -0.39 is 10.0 Å². The van der Waals surface area contributed by atoms with Crippen molar-refractivity contribution in [2.24, 2.45) is 0 Å². The fraction of sp³-hybridized carbons (Fsp3) is 0.600. The quantitative estimate of drug-likeness (QED) is 0.900. The summed E-state index contributed by atoms with van der Waals surface area (Å²) >= 11 is 0. The van der Waals surface area contributed by atoms with Crippen LogP contribution in [0.15, 0.2) is 29.2 Å². The lowest BCUT2D eigenvalue weighted by Gasteiger charge is -2.31. The van der Waals surface area contributed by atoms with Gasteiger partial charge in [-0.15, -0.1) is 0 Å². The van der Waals surface area contributed by atoms with Crippen molar-refractivity contribution in [3.63, 3.8) is 0 Å². The van der Waals surface area contributed by atoms with Crippen LogP contribution < -0.4 is 5.32 Å². The smallest absolute Gasteiger partial charge is 0.243 e. The van der Waals surface area contributed by atoms with Crippen molar-refractivity contribution in [2.75, 3.05) is 26.7 Å². The third-order valence-corrected chi connectivity index (χ3v) is 5.89. The van der Waals surface area contributed by atoms with Gasteiger partial charge < -0.3 is 10.1 Å². The van der Waals surface area contributed by atoms with E-state index in [2.05, 4.69) is 5.32 Å². The van der Waals surface area contributed by atoms with Crippen LogP contribution in [0.5, 0.6) is 0 Å². The zero-order chi connectivity index (χ0) is 15.5. The zero-order valence-electron chi connectivity index (χ0n) is 12.9. The van der Waals surface area contributed by atoms with Gasteiger partial charge in [0.25, 0.3) is 0 Å². The van der Waals surface area contributed by atoms with Crippen molar-refractivity contribution in [3.8, 4) is 0 Å². The van der Waals surface area contributed by atoms with Crippen molar-refractivity contribution in [1.29, 1.82) is 0 Å². The van der Waals surface area contributed by atoms with Gasteiger partial charge in [-0.1, -0.05) is 19.1 Å². The molecule has 0 aliphatic carbocycles. The summed E-state index contributed by atoms with van der Waals surface area (Å²) < 4.78 is 32.4. The molecule has 0 spiro atoms. The molecule has 0 bridgehead atoms. The Morgan fingerprint density at radius 1 is 1.38 bits per heavy atom. The van der Waals surface area contributed by atoms with E-state index in [1.54, 1.807) is 12.1 Å². The first-order chi connectivity index (χ1) is 9.98. The maximum atomic E-state index is 12.7. The highest BCUT2D eigenvalue weighted by Gasteiger charge is 2.30. The van der Waals surface area contributed by atoms with Gasteiger partial charge in [0.05, 0.1) is 17.6 Å². The Morgan fingerprint density at radius 2 is 2.05 bits per heavy atom. The molecule has 1 aromatic carbocycles. The maximum absolute atomic E-state index is 12.7. The Balaban J connectivity index is 2.19. The highest BCUT2D eigenvalue weighted by atomic mass is 32.2. The monoisotopic (exact) mass is 312 g/mol. The summed E-state index contributed by atoms with van der Waals surface area (Å²) in [6.45, 7) is 5.37. The van der Waals surface area contributed by atoms with Gasteiger partial charge in [0.1, 0.15) is 0 Å². The number of rotatable bonds is 5. The maximum Gasteiger partial charge on any atom is 0.243 e. The number of nitrogens with one attached hydrogen (secondary N) is 1. The lowest BCUT2D eigenvalue weighted by molar-refractivity contribution is -0.00277. The van der Waals surface area contributed by atoms with E-state index >= 15 is 0 Å². The summed E-state index contributed by atoms with van der Waals surface area (Å²) in [5, 5.41) is 3.14. The van der Waals surface area contributed by atoms with Crippen LogP contribution >= 0.6 is 0 Å². The highest BCUT2D eigenvalue weighted by Crippen LogP contribution is 2.21. The standard InChI is InChI=1S/C15H24N2O3S/c1-4-14-11-17(9-10-20-14)21(18,19)15-7-5-13(6-8-15)12(2)16-3/h5-8,12,14,16H,4,9-11H2,1-3H3. The third kappa shape index (κ3) is 3.63. The topological polar surface area (TPSA) is 58.6 Å². The van der Waals surface area contributed by atoms with Crippen LogP contribution in [-0.2, 0) is 14.8 Å². The third-order valence-electron chi connectivity index (χ3n) is 4.01. The van der Waals surface area contributed by atoms with Gasteiger partial charge in [0.15, 0.2) is 0 Å². The molecule has 0 saturated carbocycles. The van der Waals surface area contributed by atoms with Crippen LogP contribution in [0.2, 0.25) is 0 Å². The first-order valence-corrected chi connectivity index (χ1v) is 8.82. The van der Waals surface area contributed by atoms with Crippen LogP contribution in [-0.4, -0.2) is 45.6 Å². The molecule has 2 unspecified atom stereocenters. The van der Waals surface area contributed by atoms with Crippen LogP contribution in [0.4, 0.5) is 0 Å². The second kappa shape index (κ2) is 6.87. The van der Waals surface area contributed by atoms with E-state index in [-0.39, 0.29) is 12.1 Å². The van der Waals surface area contributed by atoms with Gasteiger partial charge in [-0.25, -0.2) is 8.42 Å². The van der Waals surface area contributed by atoms with Crippen LogP contribution in [0.25, 0.3) is 0 Å². The SMILES string of the molecule is CCC1CN(S(=O)(=O)c2ccc(C(C)NC)cc2)CCO1. The molecular weight excluding hydrogens is 288 g/mol. The molecule has 1 fully saturated rings. The molecule has 6 heteroatoms. The van der Waals surface area contributed by atoms with E-state index in [0.29, 0.717) is 24.6 Å². The Morgan fingerprint density at radius 3 is 2.62 bits per heavy atom. The normalized spacial score (nSPS) is 22.1. The van der Waals surface area contributed by atoms with Gasteiger partial charge in [-0.3, -0.25) is 0 Å². The molecule has 118 valence electrons. The molecule has 1 aromatic rings. The Labute approximate surface area is 127 Å². The summed E-state index contributed by atoms with van der Waals surface area (Å²) in [6.07, 6.45) is 0.821. The highest BCUT2D eigenvalue weighted by molar-refractivity contribution is 7.89. The second-order valence-electron chi connectivity index (χ2n) is 5.34. The predicted molar refractivity (Wildman–Crippen MR) is 82.7 cm³/mol. The lowest BCUT2D eigenvalue weighted by atomic mass is 10.1. The van der Waals surface area contributed by atoms with Crippen LogP contribution in [0.1, 0.15) is 31.9 Å². The fourth-order valence-corrected chi connectivity index (χ4v) is 3.86. The number of hydrogen-bond acceptors (Lipinski definition) is 4. The van der Waals surface area contributed by atoms with Crippen molar-refractivity contribution >= 4 is 10.0 Å². The predicted octanol–water partition coefficient (Wildman–Crippen LogP) is 1.77. The summed E-state index contributed by atoms with van der Waals surface area (Å²) in [7, 11) is -1.54. The van der Waals surface area contributed by atoms with Gasteiger partial charge in [0.2, 0.25) is 10.0 Å². The Hall–Kier alpha value is -0.950. The molecule has 21 heavy (non-hydrogen) atoms. The number of morpholine rings is 1. The molecule has 0 amide bonds. The number of ether oxygens (including phenoxy) is 1. The van der Waals surface area contributed by atoms with E-state index in [0.717, 1.165) is 12.0 Å². The number of benzene rings is 1. The summed E-state index contributed by atoms with van der Waals surface area (Å²) in [4.78, 5) is 0.353. The Bertz CT molecular complexity index is 557. The molecule has 0 radical (unpaired) electrons. The fourth-order valence-electron chi connectivity index (χ4n) is 2.40. The average molecular weight is 312 g/mol. The molecule has 2 rings (SSSR count). The van der Waals surface area contributed by atoms with Crippen molar-refractivity contribution < 1.29 is 13.2 Å². The minimum absolute atomic E-state index is 0.00267. The first-order valence-electron chi connectivity index (χ1n) is 7.38. The molecule has 1 saturated heterocycles. The van der Waals surface area contributed by atoms with Crippen LogP contribution in [0, 0.1) is 0 Å². The zero-order valence-corrected chi connectivity index (χ0v) is 13.7. The van der Waals surface area contributed by atoms with Gasteiger partial charge >= 0.3 is 0 Å². The van der Waals surface area contributed by atoms with Gasteiger partial charge in [-0.2, -0.15) is 4.31 Å². The molecule has 1 aliphatic rings.